The molecule has 0 spiro atoms. The van der Waals surface area contributed by atoms with Crippen LogP contribution in [0.2, 0.25) is 0 Å². The number of carbonyl (C=O) groups is 1. The summed E-state index contributed by atoms with van der Waals surface area (Å²) in [5.74, 6) is -1.45. The van der Waals surface area contributed by atoms with Crippen LogP contribution in [0.3, 0.4) is 0 Å². The van der Waals surface area contributed by atoms with E-state index in [1.807, 2.05) is 24.3 Å². The van der Waals surface area contributed by atoms with Gasteiger partial charge in [0, 0.05) is 26.0 Å². The Kier molecular flexibility index (Phi) is 3.87. The van der Waals surface area contributed by atoms with Gasteiger partial charge >= 0.3 is 5.97 Å². The minimum Gasteiger partial charge on any atom is -0.478 e. The third-order valence-electron chi connectivity index (χ3n) is 3.28. The lowest BCUT2D eigenvalue weighted by Gasteiger charge is -2.48. The van der Waals surface area contributed by atoms with Crippen LogP contribution in [0.15, 0.2) is 30.3 Å². The minimum atomic E-state index is -0.947. The number of aliphatic carboxylic acids is 1. The summed E-state index contributed by atoms with van der Waals surface area (Å²) in [6, 6.07) is 7.68. The predicted molar refractivity (Wildman–Crippen MR) is 72.1 cm³/mol. The predicted octanol–water partition coefficient (Wildman–Crippen LogP) is 1.59. The van der Waals surface area contributed by atoms with Crippen LogP contribution in [0.1, 0.15) is 5.56 Å². The molecule has 0 atom stereocenters. The maximum absolute atomic E-state index is 10.4. The third-order valence-corrected chi connectivity index (χ3v) is 3.28. The van der Waals surface area contributed by atoms with Crippen molar-refractivity contribution in [2.24, 2.45) is 0 Å². The van der Waals surface area contributed by atoms with Gasteiger partial charge in [-0.25, -0.2) is 4.79 Å². The quantitative estimate of drug-likeness (QED) is 0.646. The molecule has 0 aliphatic carbocycles. The second-order valence-corrected chi connectivity index (χ2v) is 4.44. The van der Waals surface area contributed by atoms with Crippen LogP contribution in [0.5, 0.6) is 0 Å². The van der Waals surface area contributed by atoms with E-state index in [1.165, 1.54) is 0 Å². The Hall–Kier alpha value is -1.85. The molecule has 1 saturated heterocycles. The van der Waals surface area contributed by atoms with Gasteiger partial charge in [-0.05, 0) is 23.8 Å². The second kappa shape index (κ2) is 5.42. The number of hydrogen-bond acceptors (Lipinski definition) is 4. The monoisotopic (exact) mass is 263 g/mol. The molecule has 2 rings (SSSR count). The molecule has 1 heterocycles. The van der Waals surface area contributed by atoms with Crippen LogP contribution in [-0.2, 0) is 14.3 Å². The van der Waals surface area contributed by atoms with Crippen molar-refractivity contribution in [3.63, 3.8) is 0 Å². The first-order chi connectivity index (χ1) is 9.08. The summed E-state index contributed by atoms with van der Waals surface area (Å²) in [6.45, 7) is 1.37. The van der Waals surface area contributed by atoms with Crippen LogP contribution >= 0.6 is 0 Å². The average Bonchev–Trinajstić information content (AvgIpc) is 2.37. The lowest BCUT2D eigenvalue weighted by molar-refractivity contribution is -0.219. The molecule has 102 valence electrons. The molecule has 1 fully saturated rings. The van der Waals surface area contributed by atoms with E-state index in [1.54, 1.807) is 20.3 Å². The summed E-state index contributed by atoms with van der Waals surface area (Å²) in [6.07, 6.45) is 2.69. The smallest absolute Gasteiger partial charge is 0.328 e. The fourth-order valence-corrected chi connectivity index (χ4v) is 2.02. The number of rotatable bonds is 5. The highest BCUT2D eigenvalue weighted by atomic mass is 16.7. The fraction of sp³-hybridized carbons (Fsp3) is 0.357. The zero-order valence-corrected chi connectivity index (χ0v) is 11.0. The molecule has 1 aliphatic heterocycles. The number of carboxylic acid groups (broad SMARTS) is 1. The van der Waals surface area contributed by atoms with Gasteiger partial charge in [-0.1, -0.05) is 12.1 Å². The SMILES string of the molecule is COC1(OC)CN(c2ccc(/C=C/C(=O)O)cc2)C1. The molecule has 0 saturated carbocycles. The van der Waals surface area contributed by atoms with Crippen molar-refractivity contribution >= 4 is 17.7 Å². The van der Waals surface area contributed by atoms with E-state index < -0.39 is 11.8 Å². The van der Waals surface area contributed by atoms with E-state index in [-0.39, 0.29) is 0 Å². The normalized spacial score (nSPS) is 17.5. The molecule has 0 aromatic heterocycles. The van der Waals surface area contributed by atoms with Gasteiger partial charge in [-0.15, -0.1) is 0 Å². The number of anilines is 1. The molecule has 0 unspecified atom stereocenters. The summed E-state index contributed by atoms with van der Waals surface area (Å²) in [7, 11) is 3.28. The van der Waals surface area contributed by atoms with Gasteiger partial charge in [0.25, 0.3) is 0 Å². The maximum atomic E-state index is 10.4. The van der Waals surface area contributed by atoms with E-state index in [9.17, 15) is 4.79 Å². The number of hydrogen-bond donors (Lipinski definition) is 1. The van der Waals surface area contributed by atoms with Crippen molar-refractivity contribution in [2.45, 2.75) is 5.79 Å². The molecule has 5 heteroatoms. The number of nitrogens with zero attached hydrogens (tertiary/aromatic N) is 1. The van der Waals surface area contributed by atoms with E-state index >= 15 is 0 Å². The van der Waals surface area contributed by atoms with Gasteiger partial charge in [0.1, 0.15) is 0 Å². The van der Waals surface area contributed by atoms with Crippen LogP contribution in [0.4, 0.5) is 5.69 Å². The van der Waals surface area contributed by atoms with Crippen LogP contribution < -0.4 is 4.90 Å². The molecule has 19 heavy (non-hydrogen) atoms. The van der Waals surface area contributed by atoms with E-state index in [0.29, 0.717) is 13.1 Å². The lowest BCUT2D eigenvalue weighted by Crippen LogP contribution is -2.64. The molecule has 1 aromatic rings. The molecule has 1 aliphatic rings. The Morgan fingerprint density at radius 3 is 2.32 bits per heavy atom. The summed E-state index contributed by atoms with van der Waals surface area (Å²) >= 11 is 0. The summed E-state index contributed by atoms with van der Waals surface area (Å²) in [5.41, 5.74) is 1.92. The number of carboxylic acids is 1. The highest BCUT2D eigenvalue weighted by Gasteiger charge is 2.43. The van der Waals surface area contributed by atoms with E-state index in [0.717, 1.165) is 17.3 Å². The van der Waals surface area contributed by atoms with Crippen LogP contribution in [-0.4, -0.2) is 44.2 Å². The number of methoxy groups -OCH3 is 2. The number of benzene rings is 1. The molecular formula is C14H17NO4. The van der Waals surface area contributed by atoms with Crippen molar-refractivity contribution in [2.75, 3.05) is 32.2 Å². The van der Waals surface area contributed by atoms with Crippen molar-refractivity contribution in [3.8, 4) is 0 Å². The lowest BCUT2D eigenvalue weighted by atomic mass is 10.1. The molecule has 0 amide bonds. The molecule has 5 nitrogen and oxygen atoms in total. The first-order valence-electron chi connectivity index (χ1n) is 5.95. The van der Waals surface area contributed by atoms with E-state index in [4.69, 9.17) is 14.6 Å². The van der Waals surface area contributed by atoms with Gasteiger partial charge in [0.05, 0.1) is 13.1 Å². The Balaban J connectivity index is 1.99. The van der Waals surface area contributed by atoms with E-state index in [2.05, 4.69) is 4.90 Å². The van der Waals surface area contributed by atoms with Crippen molar-refractivity contribution < 1.29 is 19.4 Å². The summed E-state index contributed by atoms with van der Waals surface area (Å²) in [5, 5.41) is 8.55. The average molecular weight is 263 g/mol. The molecule has 1 aromatic carbocycles. The Morgan fingerprint density at radius 1 is 1.26 bits per heavy atom. The van der Waals surface area contributed by atoms with Gasteiger partial charge < -0.3 is 19.5 Å². The topological polar surface area (TPSA) is 59.0 Å². The second-order valence-electron chi connectivity index (χ2n) is 4.44. The summed E-state index contributed by atoms with van der Waals surface area (Å²) < 4.78 is 10.6. The van der Waals surface area contributed by atoms with Crippen LogP contribution in [0, 0.1) is 0 Å². The zero-order chi connectivity index (χ0) is 13.9. The largest absolute Gasteiger partial charge is 0.478 e. The highest BCUT2D eigenvalue weighted by molar-refractivity contribution is 5.85. The Morgan fingerprint density at radius 2 is 1.84 bits per heavy atom. The third kappa shape index (κ3) is 2.94. The van der Waals surface area contributed by atoms with Crippen LogP contribution in [0.25, 0.3) is 6.08 Å². The number of ether oxygens (including phenoxy) is 2. The van der Waals surface area contributed by atoms with Gasteiger partial charge in [0.2, 0.25) is 5.79 Å². The molecule has 1 N–H and O–H groups in total. The standard InChI is InChI=1S/C14H17NO4/c1-18-14(19-2)9-15(10-14)12-6-3-11(4-7-12)5-8-13(16)17/h3-8H,9-10H2,1-2H3,(H,16,17)/b8-5+. The Bertz CT molecular complexity index is 469. The fourth-order valence-electron chi connectivity index (χ4n) is 2.02. The molecular weight excluding hydrogens is 246 g/mol. The van der Waals surface area contributed by atoms with Gasteiger partial charge in [0.15, 0.2) is 0 Å². The maximum Gasteiger partial charge on any atom is 0.328 e. The Labute approximate surface area is 112 Å². The highest BCUT2D eigenvalue weighted by Crippen LogP contribution is 2.30. The summed E-state index contributed by atoms with van der Waals surface area (Å²) in [4.78, 5) is 12.6. The van der Waals surface area contributed by atoms with Crippen molar-refractivity contribution in [1.29, 1.82) is 0 Å². The van der Waals surface area contributed by atoms with Gasteiger partial charge in [-0.3, -0.25) is 0 Å². The van der Waals surface area contributed by atoms with Crippen molar-refractivity contribution in [3.05, 3.63) is 35.9 Å². The van der Waals surface area contributed by atoms with Crippen molar-refractivity contribution in [1.82, 2.24) is 0 Å². The minimum absolute atomic E-state index is 0.498. The first-order valence-corrected chi connectivity index (χ1v) is 5.95. The molecule has 0 radical (unpaired) electrons. The zero-order valence-electron chi connectivity index (χ0n) is 11.0. The molecule has 0 bridgehead atoms. The first kappa shape index (κ1) is 13.6. The van der Waals surface area contributed by atoms with Gasteiger partial charge in [-0.2, -0.15) is 0 Å².